The normalized spacial score (nSPS) is 10.9. The van der Waals surface area contributed by atoms with Crippen molar-refractivity contribution in [3.63, 3.8) is 0 Å². The molecule has 4 heteroatoms. The first-order valence-electron chi connectivity index (χ1n) is 10.9. The summed E-state index contributed by atoms with van der Waals surface area (Å²) in [6, 6.07) is 32.5. The molecule has 4 nitrogen and oxygen atoms in total. The van der Waals surface area contributed by atoms with E-state index in [0.717, 1.165) is 33.4 Å². The van der Waals surface area contributed by atoms with E-state index in [1.807, 2.05) is 60.7 Å². The molecule has 0 heterocycles. The van der Waals surface area contributed by atoms with Gasteiger partial charge in [-0.3, -0.25) is 0 Å². The van der Waals surface area contributed by atoms with Crippen molar-refractivity contribution in [1.29, 1.82) is 0 Å². The van der Waals surface area contributed by atoms with Gasteiger partial charge in [0.1, 0.15) is 13.2 Å². The Morgan fingerprint density at radius 3 is 1.28 bits per heavy atom. The van der Waals surface area contributed by atoms with Gasteiger partial charge in [-0.05, 0) is 34.0 Å². The lowest BCUT2D eigenvalue weighted by Gasteiger charge is -2.15. The average molecular weight is 429 g/mol. The van der Waals surface area contributed by atoms with Crippen LogP contribution in [0.5, 0.6) is 11.5 Å². The molecule has 4 rings (SSSR count). The number of rotatable bonds is 12. The number of benzene rings is 4. The second kappa shape index (κ2) is 11.9. The molecule has 0 N–H and O–H groups in total. The van der Waals surface area contributed by atoms with Gasteiger partial charge in [-0.2, -0.15) is 0 Å². The van der Waals surface area contributed by atoms with Gasteiger partial charge in [0, 0.05) is 0 Å². The third-order valence-corrected chi connectivity index (χ3v) is 5.01. The molecule has 0 saturated carbocycles. The van der Waals surface area contributed by atoms with Gasteiger partial charge in [0.2, 0.25) is 0 Å². The maximum absolute atomic E-state index is 6.02. The lowest BCUT2D eigenvalue weighted by Crippen LogP contribution is -2.10. The first-order chi connectivity index (χ1) is 15.9. The molecule has 0 atom stereocenters. The standard InChI is InChI=1S/C28H28O4/c1-3-9-23(10-4-1)21-29-15-17-31-27-19-25-13-7-8-14-26(25)20-28(27)32-18-16-30-22-24-11-5-2-6-12-24/h1-14,19-20H,15-18,21-22H2. The Hall–Kier alpha value is -3.34. The largest absolute Gasteiger partial charge is 0.487 e. The highest BCUT2D eigenvalue weighted by Crippen LogP contribution is 2.32. The average Bonchev–Trinajstić information content (AvgIpc) is 2.85. The minimum absolute atomic E-state index is 0.450. The SMILES string of the molecule is c1ccc(COCCOc2cc3ccccc3cc2OCCOCc2ccccc2)cc1. The van der Waals surface area contributed by atoms with Crippen LogP contribution in [0.15, 0.2) is 97.1 Å². The zero-order valence-electron chi connectivity index (χ0n) is 18.1. The van der Waals surface area contributed by atoms with Crippen molar-refractivity contribution in [3.8, 4) is 11.5 Å². The van der Waals surface area contributed by atoms with E-state index >= 15 is 0 Å². The van der Waals surface area contributed by atoms with Crippen molar-refractivity contribution in [2.75, 3.05) is 26.4 Å². The van der Waals surface area contributed by atoms with Crippen molar-refractivity contribution in [1.82, 2.24) is 0 Å². The highest BCUT2D eigenvalue weighted by molar-refractivity contribution is 5.86. The number of hydrogen-bond donors (Lipinski definition) is 0. The molecule has 0 aromatic heterocycles. The summed E-state index contributed by atoms with van der Waals surface area (Å²) in [4.78, 5) is 0. The molecule has 164 valence electrons. The van der Waals surface area contributed by atoms with E-state index in [2.05, 4.69) is 36.4 Å². The molecular formula is C28H28O4. The zero-order valence-corrected chi connectivity index (χ0v) is 18.1. The van der Waals surface area contributed by atoms with Crippen molar-refractivity contribution >= 4 is 10.8 Å². The lowest BCUT2D eigenvalue weighted by atomic mass is 10.1. The molecule has 0 saturated heterocycles. The topological polar surface area (TPSA) is 36.9 Å². The van der Waals surface area contributed by atoms with Crippen molar-refractivity contribution in [2.24, 2.45) is 0 Å². The molecule has 0 spiro atoms. The summed E-state index contributed by atoms with van der Waals surface area (Å²) in [5.41, 5.74) is 2.30. The molecule has 0 aliphatic rings. The Balaban J connectivity index is 1.29. The van der Waals surface area contributed by atoms with Gasteiger partial charge in [-0.25, -0.2) is 0 Å². The van der Waals surface area contributed by atoms with Crippen LogP contribution < -0.4 is 9.47 Å². The Kier molecular flexibility index (Phi) is 8.13. The molecule has 0 amide bonds. The fourth-order valence-electron chi connectivity index (χ4n) is 3.37. The predicted molar refractivity (Wildman–Crippen MR) is 127 cm³/mol. The van der Waals surface area contributed by atoms with Gasteiger partial charge >= 0.3 is 0 Å². The Bertz CT molecular complexity index is 992. The number of ether oxygens (including phenoxy) is 4. The Morgan fingerprint density at radius 1 is 0.438 bits per heavy atom. The monoisotopic (exact) mass is 428 g/mol. The summed E-state index contributed by atoms with van der Waals surface area (Å²) in [5, 5.41) is 2.22. The maximum Gasteiger partial charge on any atom is 0.161 e. The van der Waals surface area contributed by atoms with Gasteiger partial charge in [0.05, 0.1) is 26.4 Å². The minimum atomic E-state index is 0.450. The first-order valence-corrected chi connectivity index (χ1v) is 10.9. The van der Waals surface area contributed by atoms with E-state index in [1.54, 1.807) is 0 Å². The summed E-state index contributed by atoms with van der Waals surface area (Å²) >= 11 is 0. The molecule has 0 unspecified atom stereocenters. The third-order valence-electron chi connectivity index (χ3n) is 5.01. The lowest BCUT2D eigenvalue weighted by molar-refractivity contribution is 0.0806. The van der Waals surface area contributed by atoms with Crippen LogP contribution in [0.2, 0.25) is 0 Å². The third kappa shape index (κ3) is 6.58. The summed E-state index contributed by atoms with van der Waals surface area (Å²) < 4.78 is 23.5. The second-order valence-corrected chi connectivity index (χ2v) is 7.42. The van der Waals surface area contributed by atoms with Crippen LogP contribution in [0.25, 0.3) is 10.8 Å². The molecule has 0 aliphatic heterocycles. The fraction of sp³-hybridized carbons (Fsp3) is 0.214. The highest BCUT2D eigenvalue weighted by atomic mass is 16.6. The van der Waals surface area contributed by atoms with Gasteiger partial charge in [-0.1, -0.05) is 84.9 Å². The van der Waals surface area contributed by atoms with E-state index in [-0.39, 0.29) is 0 Å². The van der Waals surface area contributed by atoms with Crippen LogP contribution >= 0.6 is 0 Å². The minimum Gasteiger partial charge on any atom is -0.487 e. The van der Waals surface area contributed by atoms with Crippen LogP contribution in [0.4, 0.5) is 0 Å². The Labute approximate surface area is 189 Å². The van der Waals surface area contributed by atoms with Gasteiger partial charge in [0.25, 0.3) is 0 Å². The van der Waals surface area contributed by atoms with Crippen LogP contribution in [0.3, 0.4) is 0 Å². The first kappa shape index (κ1) is 21.9. The molecule has 0 radical (unpaired) electrons. The number of fused-ring (bicyclic) bond motifs is 1. The van der Waals surface area contributed by atoms with Crippen LogP contribution in [0.1, 0.15) is 11.1 Å². The zero-order chi connectivity index (χ0) is 21.8. The maximum atomic E-state index is 6.02. The van der Waals surface area contributed by atoms with Gasteiger partial charge in [-0.15, -0.1) is 0 Å². The molecule has 4 aromatic carbocycles. The second-order valence-electron chi connectivity index (χ2n) is 7.42. The van der Waals surface area contributed by atoms with Crippen LogP contribution in [-0.2, 0) is 22.7 Å². The van der Waals surface area contributed by atoms with Crippen LogP contribution in [0, 0.1) is 0 Å². The molecule has 0 aliphatic carbocycles. The highest BCUT2D eigenvalue weighted by Gasteiger charge is 2.08. The van der Waals surface area contributed by atoms with E-state index in [4.69, 9.17) is 18.9 Å². The van der Waals surface area contributed by atoms with E-state index in [0.29, 0.717) is 39.6 Å². The summed E-state index contributed by atoms with van der Waals surface area (Å²) in [6.45, 7) is 3.05. The molecular weight excluding hydrogens is 400 g/mol. The van der Waals surface area contributed by atoms with Crippen molar-refractivity contribution < 1.29 is 18.9 Å². The van der Waals surface area contributed by atoms with Gasteiger partial charge in [0.15, 0.2) is 11.5 Å². The van der Waals surface area contributed by atoms with E-state index in [9.17, 15) is 0 Å². The Morgan fingerprint density at radius 2 is 0.844 bits per heavy atom. The van der Waals surface area contributed by atoms with Crippen molar-refractivity contribution in [3.05, 3.63) is 108 Å². The van der Waals surface area contributed by atoms with E-state index < -0.39 is 0 Å². The predicted octanol–water partition coefficient (Wildman–Crippen LogP) is 6.03. The molecule has 32 heavy (non-hydrogen) atoms. The van der Waals surface area contributed by atoms with Gasteiger partial charge < -0.3 is 18.9 Å². The molecule has 0 fully saturated rings. The van der Waals surface area contributed by atoms with E-state index in [1.165, 1.54) is 0 Å². The quantitative estimate of drug-likeness (QED) is 0.258. The summed E-state index contributed by atoms with van der Waals surface area (Å²) in [7, 11) is 0. The van der Waals surface area contributed by atoms with Crippen LogP contribution in [-0.4, -0.2) is 26.4 Å². The van der Waals surface area contributed by atoms with Crippen molar-refractivity contribution in [2.45, 2.75) is 13.2 Å². The summed E-state index contributed by atoms with van der Waals surface area (Å²) in [5.74, 6) is 1.44. The molecule has 0 bridgehead atoms. The molecule has 4 aromatic rings. The number of hydrogen-bond acceptors (Lipinski definition) is 4. The fourth-order valence-corrected chi connectivity index (χ4v) is 3.37. The summed E-state index contributed by atoms with van der Waals surface area (Å²) in [6.07, 6.45) is 0. The smallest absolute Gasteiger partial charge is 0.161 e.